The van der Waals surface area contributed by atoms with E-state index in [0.29, 0.717) is 16.5 Å². The first-order valence-electron chi connectivity index (χ1n) is 7.38. The summed E-state index contributed by atoms with van der Waals surface area (Å²) in [6, 6.07) is 11.9. The molecule has 0 spiro atoms. The molecule has 0 N–H and O–H groups in total. The number of hydrogen-bond donors (Lipinski definition) is 0. The topological polar surface area (TPSA) is 34.1 Å². The highest BCUT2D eigenvalue weighted by molar-refractivity contribution is 6.32. The Labute approximate surface area is 142 Å². The molecule has 0 saturated heterocycles. The summed E-state index contributed by atoms with van der Waals surface area (Å²) in [4.78, 5) is 0. The molecule has 0 aliphatic heterocycles. The number of methoxy groups -OCH3 is 2. The lowest BCUT2D eigenvalue weighted by Crippen LogP contribution is -2.15. The number of hydrazone groups is 1. The van der Waals surface area contributed by atoms with Crippen molar-refractivity contribution in [3.05, 3.63) is 52.5 Å². The second-order valence-electron chi connectivity index (χ2n) is 5.03. The molecule has 2 aromatic carbocycles. The summed E-state index contributed by atoms with van der Waals surface area (Å²) in [5.74, 6) is 1.11. The zero-order valence-corrected chi connectivity index (χ0v) is 14.6. The van der Waals surface area contributed by atoms with Crippen molar-refractivity contribution in [2.45, 2.75) is 13.8 Å². The highest BCUT2D eigenvalue weighted by Crippen LogP contribution is 2.35. The third kappa shape index (κ3) is 4.17. The Morgan fingerprint density at radius 2 is 1.83 bits per heavy atom. The molecule has 0 amide bonds. The second-order valence-corrected chi connectivity index (χ2v) is 5.44. The fraction of sp³-hybridized carbons (Fsp3) is 0.278. The molecule has 0 aliphatic rings. The van der Waals surface area contributed by atoms with Crippen LogP contribution in [0.25, 0.3) is 0 Å². The van der Waals surface area contributed by atoms with E-state index < -0.39 is 0 Å². The van der Waals surface area contributed by atoms with E-state index in [4.69, 9.17) is 21.1 Å². The minimum atomic E-state index is 0.492. The predicted molar refractivity (Wildman–Crippen MR) is 96.3 cm³/mol. The first kappa shape index (κ1) is 17.2. The predicted octanol–water partition coefficient (Wildman–Crippen LogP) is 4.53. The van der Waals surface area contributed by atoms with Crippen molar-refractivity contribution in [3.63, 3.8) is 0 Å². The van der Waals surface area contributed by atoms with Crippen LogP contribution in [-0.4, -0.2) is 27.0 Å². The lowest BCUT2D eigenvalue weighted by Gasteiger charge is -2.17. The van der Waals surface area contributed by atoms with Crippen LogP contribution in [0.1, 0.15) is 18.1 Å². The van der Waals surface area contributed by atoms with Gasteiger partial charge in [-0.1, -0.05) is 29.3 Å². The van der Waals surface area contributed by atoms with Crippen LogP contribution < -0.4 is 14.5 Å². The van der Waals surface area contributed by atoms with Crippen LogP contribution >= 0.6 is 11.6 Å². The molecule has 0 atom stereocenters. The maximum absolute atomic E-state index is 6.22. The van der Waals surface area contributed by atoms with Crippen molar-refractivity contribution in [2.24, 2.45) is 5.10 Å². The summed E-state index contributed by atoms with van der Waals surface area (Å²) in [5, 5.41) is 6.95. The summed E-state index contributed by atoms with van der Waals surface area (Å²) < 4.78 is 10.5. The molecule has 0 radical (unpaired) electrons. The third-order valence-electron chi connectivity index (χ3n) is 3.43. The van der Waals surface area contributed by atoms with E-state index in [0.717, 1.165) is 17.8 Å². The van der Waals surface area contributed by atoms with Gasteiger partial charge in [-0.05, 0) is 43.7 Å². The van der Waals surface area contributed by atoms with E-state index in [-0.39, 0.29) is 0 Å². The molecule has 23 heavy (non-hydrogen) atoms. The van der Waals surface area contributed by atoms with Gasteiger partial charge >= 0.3 is 0 Å². The molecule has 4 nitrogen and oxygen atoms in total. The standard InChI is InChI=1S/C18H21ClN2O2/c1-5-21(15-8-6-13(2)7-9-15)20-12-14-10-16(19)18(23-4)17(11-14)22-3/h6-12H,5H2,1-4H3/b20-12+. The molecule has 5 heteroatoms. The summed E-state index contributed by atoms with van der Waals surface area (Å²) in [5.41, 5.74) is 3.11. The maximum atomic E-state index is 6.22. The number of aryl methyl sites for hydroxylation is 1. The minimum absolute atomic E-state index is 0.492. The molecular formula is C18H21ClN2O2. The Hall–Kier alpha value is -2.20. The van der Waals surface area contributed by atoms with Gasteiger partial charge in [0.25, 0.3) is 0 Å². The average Bonchev–Trinajstić information content (AvgIpc) is 2.56. The molecule has 0 aliphatic carbocycles. The summed E-state index contributed by atoms with van der Waals surface area (Å²) >= 11 is 6.22. The number of anilines is 1. The number of ether oxygens (including phenoxy) is 2. The Morgan fingerprint density at radius 3 is 2.39 bits per heavy atom. The quantitative estimate of drug-likeness (QED) is 0.576. The Kier molecular flexibility index (Phi) is 5.88. The molecule has 122 valence electrons. The van der Waals surface area contributed by atoms with E-state index in [1.807, 2.05) is 11.1 Å². The van der Waals surface area contributed by atoms with Crippen LogP contribution in [0.3, 0.4) is 0 Å². The van der Waals surface area contributed by atoms with Gasteiger partial charge in [-0.3, -0.25) is 5.01 Å². The number of rotatable bonds is 6. The summed E-state index contributed by atoms with van der Waals surface area (Å²) in [7, 11) is 3.15. The van der Waals surface area contributed by atoms with Crippen LogP contribution in [-0.2, 0) is 0 Å². The smallest absolute Gasteiger partial charge is 0.179 e. The number of nitrogens with zero attached hydrogens (tertiary/aromatic N) is 2. The molecule has 0 saturated carbocycles. The van der Waals surface area contributed by atoms with Crippen molar-refractivity contribution in [3.8, 4) is 11.5 Å². The van der Waals surface area contributed by atoms with Crippen molar-refractivity contribution >= 4 is 23.5 Å². The molecule has 0 aromatic heterocycles. The van der Waals surface area contributed by atoms with Gasteiger partial charge in [0.2, 0.25) is 0 Å². The van der Waals surface area contributed by atoms with Gasteiger partial charge < -0.3 is 9.47 Å². The molecule has 0 bridgehead atoms. The van der Waals surface area contributed by atoms with E-state index in [9.17, 15) is 0 Å². The van der Waals surface area contributed by atoms with Gasteiger partial charge in [-0.2, -0.15) is 5.10 Å². The van der Waals surface area contributed by atoms with Crippen LogP contribution in [0, 0.1) is 6.92 Å². The van der Waals surface area contributed by atoms with Gasteiger partial charge in [-0.25, -0.2) is 0 Å². The monoisotopic (exact) mass is 332 g/mol. The lowest BCUT2D eigenvalue weighted by atomic mass is 10.2. The SMILES string of the molecule is CCN(/N=C/c1cc(Cl)c(OC)c(OC)c1)c1ccc(C)cc1. The number of hydrogen-bond acceptors (Lipinski definition) is 4. The number of benzene rings is 2. The second kappa shape index (κ2) is 7.88. The zero-order valence-electron chi connectivity index (χ0n) is 13.8. The fourth-order valence-corrected chi connectivity index (χ4v) is 2.49. The normalized spacial score (nSPS) is 10.8. The molecular weight excluding hydrogens is 312 g/mol. The molecule has 0 unspecified atom stereocenters. The summed E-state index contributed by atoms with van der Waals surface area (Å²) in [6.45, 7) is 4.88. The van der Waals surface area contributed by atoms with Gasteiger partial charge in [0.15, 0.2) is 11.5 Å². The third-order valence-corrected chi connectivity index (χ3v) is 3.71. The average molecular weight is 333 g/mol. The van der Waals surface area contributed by atoms with Crippen LogP contribution in [0.2, 0.25) is 5.02 Å². The minimum Gasteiger partial charge on any atom is -0.493 e. The maximum Gasteiger partial charge on any atom is 0.179 e. The van der Waals surface area contributed by atoms with Gasteiger partial charge in [0, 0.05) is 6.54 Å². The van der Waals surface area contributed by atoms with Crippen molar-refractivity contribution in [1.29, 1.82) is 0 Å². The van der Waals surface area contributed by atoms with E-state index >= 15 is 0 Å². The molecule has 0 heterocycles. The highest BCUT2D eigenvalue weighted by atomic mass is 35.5. The Balaban J connectivity index is 2.27. The zero-order chi connectivity index (χ0) is 16.8. The van der Waals surface area contributed by atoms with Crippen molar-refractivity contribution in [1.82, 2.24) is 0 Å². The van der Waals surface area contributed by atoms with Crippen LogP contribution in [0.4, 0.5) is 5.69 Å². The molecule has 2 aromatic rings. The van der Waals surface area contributed by atoms with Crippen molar-refractivity contribution < 1.29 is 9.47 Å². The number of halogens is 1. The van der Waals surface area contributed by atoms with Crippen LogP contribution in [0.5, 0.6) is 11.5 Å². The van der Waals surface area contributed by atoms with Crippen molar-refractivity contribution in [2.75, 3.05) is 25.8 Å². The first-order valence-corrected chi connectivity index (χ1v) is 7.76. The Bertz CT molecular complexity index is 684. The molecule has 2 rings (SSSR count). The van der Waals surface area contributed by atoms with E-state index in [2.05, 4.69) is 43.2 Å². The van der Waals surface area contributed by atoms with Gasteiger partial charge in [0.1, 0.15) is 0 Å². The van der Waals surface area contributed by atoms with Gasteiger partial charge in [-0.15, -0.1) is 0 Å². The molecule has 0 fully saturated rings. The fourth-order valence-electron chi connectivity index (χ4n) is 2.20. The summed E-state index contributed by atoms with van der Waals surface area (Å²) in [6.07, 6.45) is 1.76. The van der Waals surface area contributed by atoms with E-state index in [1.54, 1.807) is 26.5 Å². The first-order chi connectivity index (χ1) is 11.1. The Morgan fingerprint density at radius 1 is 1.13 bits per heavy atom. The van der Waals surface area contributed by atoms with Gasteiger partial charge in [0.05, 0.1) is 31.1 Å². The van der Waals surface area contributed by atoms with E-state index in [1.165, 1.54) is 5.56 Å². The highest BCUT2D eigenvalue weighted by Gasteiger charge is 2.10. The lowest BCUT2D eigenvalue weighted by molar-refractivity contribution is 0.355. The van der Waals surface area contributed by atoms with Crippen LogP contribution in [0.15, 0.2) is 41.5 Å². The largest absolute Gasteiger partial charge is 0.493 e.